The Labute approximate surface area is 224 Å². The van der Waals surface area contributed by atoms with Gasteiger partial charge in [-0.3, -0.25) is 14.9 Å². The monoisotopic (exact) mass is 540 g/mol. The fourth-order valence-corrected chi connectivity index (χ4v) is 4.84. The van der Waals surface area contributed by atoms with Crippen molar-refractivity contribution in [3.63, 3.8) is 0 Å². The summed E-state index contributed by atoms with van der Waals surface area (Å²) in [5, 5.41) is 14.7. The Balaban J connectivity index is 1.89. The predicted molar refractivity (Wildman–Crippen MR) is 149 cm³/mol. The molecule has 2 aromatic carbocycles. The lowest BCUT2D eigenvalue weighted by molar-refractivity contribution is -0.380. The number of nitrogens with zero attached hydrogens (tertiary/aromatic N) is 1. The summed E-state index contributed by atoms with van der Waals surface area (Å²) in [6.45, 7) is 10.2. The van der Waals surface area contributed by atoms with Gasteiger partial charge in [0.05, 0.1) is 14.8 Å². The molecule has 1 heterocycles. The first-order chi connectivity index (χ1) is 17.5. The summed E-state index contributed by atoms with van der Waals surface area (Å²) >= 11 is 2.01. The van der Waals surface area contributed by atoms with Gasteiger partial charge in [-0.15, -0.1) is 0 Å². The van der Waals surface area contributed by atoms with Crippen LogP contribution in [0.5, 0.6) is 5.75 Å². The van der Waals surface area contributed by atoms with Crippen LogP contribution >= 0.6 is 23.1 Å². The van der Waals surface area contributed by atoms with Crippen LogP contribution in [0, 0.1) is 15.9 Å². The molecule has 0 saturated carbocycles. The van der Waals surface area contributed by atoms with Crippen LogP contribution < -0.4 is 10.1 Å². The van der Waals surface area contributed by atoms with Crippen molar-refractivity contribution in [2.45, 2.75) is 46.5 Å². The van der Waals surface area contributed by atoms with Gasteiger partial charge in [-0.05, 0) is 78.9 Å². The maximum absolute atomic E-state index is 13.5. The second-order valence-corrected chi connectivity index (χ2v) is 11.0. The minimum atomic E-state index is -0.527. The first kappa shape index (κ1) is 28.1. The highest BCUT2D eigenvalue weighted by Gasteiger charge is 2.20. The molecule has 0 aliphatic carbocycles. The first-order valence-electron chi connectivity index (χ1n) is 11.7. The molecule has 6 nitrogen and oxygen atoms in total. The number of amides is 1. The quantitative estimate of drug-likeness (QED) is 0.159. The molecule has 0 aliphatic rings. The Morgan fingerprint density at radius 1 is 1.14 bits per heavy atom. The molecule has 0 saturated heterocycles. The Kier molecular flexibility index (Phi) is 9.29. The minimum Gasteiger partial charge on any atom is -0.450 e. The molecule has 3 aromatic rings. The summed E-state index contributed by atoms with van der Waals surface area (Å²) in [6.07, 6.45) is 2.72. The molecule has 0 unspecified atom stereocenters. The highest BCUT2D eigenvalue weighted by molar-refractivity contribution is 8.06. The molecule has 0 bridgehead atoms. The molecule has 0 spiro atoms. The van der Waals surface area contributed by atoms with Crippen molar-refractivity contribution in [2.75, 3.05) is 0 Å². The lowest BCUT2D eigenvalue weighted by Gasteiger charge is -2.23. The number of halogens is 1. The van der Waals surface area contributed by atoms with Crippen LogP contribution in [0.2, 0.25) is 0 Å². The van der Waals surface area contributed by atoms with Gasteiger partial charge in [0.15, 0.2) is 5.09 Å². The Morgan fingerprint density at radius 3 is 2.32 bits per heavy atom. The maximum atomic E-state index is 13.5. The van der Waals surface area contributed by atoms with Gasteiger partial charge in [0.25, 0.3) is 5.91 Å². The predicted octanol–water partition coefficient (Wildman–Crippen LogP) is 8.28. The van der Waals surface area contributed by atoms with Crippen molar-refractivity contribution in [2.24, 2.45) is 0 Å². The molecule has 0 aliphatic heterocycles. The molecule has 0 radical (unpaired) electrons. The van der Waals surface area contributed by atoms with Crippen molar-refractivity contribution < 1.29 is 18.8 Å². The molecule has 1 N–H and O–H groups in total. The van der Waals surface area contributed by atoms with Crippen LogP contribution in [0.15, 0.2) is 76.9 Å². The number of nitro groups is 1. The molecule has 1 amide bonds. The molecular weight excluding hydrogens is 511 g/mol. The molecule has 37 heavy (non-hydrogen) atoms. The van der Waals surface area contributed by atoms with E-state index in [0.29, 0.717) is 15.9 Å². The third-order valence-corrected chi connectivity index (χ3v) is 8.18. The largest absolute Gasteiger partial charge is 0.450 e. The summed E-state index contributed by atoms with van der Waals surface area (Å²) in [5.74, 6) is -0.175. The molecule has 3 rings (SSSR count). The number of rotatable bonds is 10. The highest BCUT2D eigenvalue weighted by atomic mass is 32.2. The molecule has 9 heteroatoms. The van der Waals surface area contributed by atoms with Crippen LogP contribution in [-0.4, -0.2) is 10.8 Å². The highest BCUT2D eigenvalue weighted by Crippen LogP contribution is 2.35. The number of benzene rings is 2. The number of hydrogen-bond donors (Lipinski definition) is 1. The number of carbonyl (C=O) groups excluding carboxylic acids is 1. The van der Waals surface area contributed by atoms with E-state index in [-0.39, 0.29) is 21.1 Å². The van der Waals surface area contributed by atoms with E-state index in [1.807, 2.05) is 31.2 Å². The fourth-order valence-electron chi connectivity index (χ4n) is 3.25. The summed E-state index contributed by atoms with van der Waals surface area (Å²) in [4.78, 5) is 23.4. The fraction of sp³-hybridized carbons (Fsp3) is 0.250. The van der Waals surface area contributed by atoms with E-state index in [0.717, 1.165) is 28.9 Å². The Hall–Kier alpha value is -3.43. The Morgan fingerprint density at radius 2 is 1.78 bits per heavy atom. The molecule has 0 fully saturated rings. The van der Waals surface area contributed by atoms with E-state index >= 15 is 0 Å². The van der Waals surface area contributed by atoms with Crippen molar-refractivity contribution in [1.82, 2.24) is 5.32 Å². The number of carbonyl (C=O) groups is 1. The zero-order chi connectivity index (χ0) is 27.2. The molecule has 194 valence electrons. The van der Waals surface area contributed by atoms with Crippen LogP contribution in [0.1, 0.15) is 61.8 Å². The van der Waals surface area contributed by atoms with Crippen LogP contribution in [-0.2, 0) is 5.41 Å². The topological polar surface area (TPSA) is 81.5 Å². The van der Waals surface area contributed by atoms with Crippen molar-refractivity contribution >= 4 is 39.6 Å². The molecule has 1 aromatic heterocycles. The second-order valence-electron chi connectivity index (χ2n) is 8.89. The van der Waals surface area contributed by atoms with E-state index in [9.17, 15) is 19.3 Å². The molecule has 0 atom stereocenters. The van der Waals surface area contributed by atoms with Crippen molar-refractivity contribution in [3.8, 4) is 5.75 Å². The lowest BCUT2D eigenvalue weighted by atomic mass is 9.82. The van der Waals surface area contributed by atoms with E-state index in [1.54, 1.807) is 25.1 Å². The number of ether oxygens (including phenoxy) is 1. The summed E-state index contributed by atoms with van der Waals surface area (Å²) in [7, 11) is 0. The van der Waals surface area contributed by atoms with Gasteiger partial charge < -0.3 is 10.1 Å². The number of allylic oxidation sites excluding steroid dienone is 2. The molecular formula is C28H29FN2O4S2. The van der Waals surface area contributed by atoms with E-state index in [4.69, 9.17) is 4.74 Å². The van der Waals surface area contributed by atoms with E-state index in [1.165, 1.54) is 41.6 Å². The summed E-state index contributed by atoms with van der Waals surface area (Å²) in [6, 6.07) is 16.7. The third kappa shape index (κ3) is 7.30. The van der Waals surface area contributed by atoms with Gasteiger partial charge in [-0.2, -0.15) is 0 Å². The number of hydrogen-bond acceptors (Lipinski definition) is 6. The summed E-state index contributed by atoms with van der Waals surface area (Å²) < 4.78 is 19.8. The third-order valence-electron chi connectivity index (χ3n) is 6.01. The summed E-state index contributed by atoms with van der Waals surface area (Å²) in [5.41, 5.74) is 2.75. The Bertz CT molecular complexity index is 1330. The van der Waals surface area contributed by atoms with Gasteiger partial charge in [-0.1, -0.05) is 62.4 Å². The van der Waals surface area contributed by atoms with Gasteiger partial charge in [0.2, 0.25) is 0 Å². The SMILES string of the molecule is C/C=C(/NC(=O)c1ccc([N+](=O)[O-])s1)S/C(Oc1ccc(C(C)(C)CC)cc1)=C(\C)c1ccc(F)cc1. The average molecular weight is 541 g/mol. The van der Waals surface area contributed by atoms with Gasteiger partial charge in [0, 0.05) is 11.6 Å². The van der Waals surface area contributed by atoms with Crippen molar-refractivity contribution in [3.05, 3.63) is 109 Å². The number of thioether (sulfide) groups is 1. The van der Waals surface area contributed by atoms with Gasteiger partial charge in [0.1, 0.15) is 11.6 Å². The van der Waals surface area contributed by atoms with Crippen molar-refractivity contribution in [1.29, 1.82) is 0 Å². The first-order valence-corrected chi connectivity index (χ1v) is 13.3. The van der Waals surface area contributed by atoms with E-state index in [2.05, 4.69) is 26.1 Å². The number of nitrogens with one attached hydrogen (secondary N) is 1. The number of thiophene rings is 1. The lowest BCUT2D eigenvalue weighted by Crippen LogP contribution is -2.20. The average Bonchev–Trinajstić information content (AvgIpc) is 3.39. The normalized spacial score (nSPS) is 12.6. The smallest absolute Gasteiger partial charge is 0.324 e. The van der Waals surface area contributed by atoms with Crippen LogP contribution in [0.25, 0.3) is 5.57 Å². The maximum Gasteiger partial charge on any atom is 0.324 e. The minimum absolute atomic E-state index is 0.0369. The standard InChI is InChI=1S/C28H29FN2O4S2/c1-6-24(30-26(32)23-16-17-25(36-23)31(33)34)37-27(18(3)19-8-12-21(29)13-9-19)35-22-14-10-20(11-15-22)28(4,5)7-2/h6,8-17H,7H2,1-5H3,(H,30,32)/b24-6-,27-18+. The second kappa shape index (κ2) is 12.2. The van der Waals surface area contributed by atoms with Gasteiger partial charge >= 0.3 is 5.00 Å². The van der Waals surface area contributed by atoms with E-state index < -0.39 is 10.8 Å². The zero-order valence-corrected chi connectivity index (χ0v) is 23.0. The van der Waals surface area contributed by atoms with Gasteiger partial charge in [-0.25, -0.2) is 4.39 Å². The van der Waals surface area contributed by atoms with Crippen LogP contribution in [0.3, 0.4) is 0 Å². The van der Waals surface area contributed by atoms with Crippen LogP contribution in [0.4, 0.5) is 9.39 Å². The zero-order valence-electron chi connectivity index (χ0n) is 21.3.